The Morgan fingerprint density at radius 1 is 1.11 bits per heavy atom. The van der Waals surface area contributed by atoms with Gasteiger partial charge >= 0.3 is 0 Å². The van der Waals surface area contributed by atoms with E-state index >= 15 is 0 Å². The molecule has 6 nitrogen and oxygen atoms in total. The predicted molar refractivity (Wildman–Crippen MR) is 136 cm³/mol. The van der Waals surface area contributed by atoms with Crippen LogP contribution in [0.25, 0.3) is 10.5 Å². The van der Waals surface area contributed by atoms with Gasteiger partial charge in [-0.05, 0) is 73.2 Å². The van der Waals surface area contributed by atoms with Crippen molar-refractivity contribution >= 4 is 17.3 Å². The molecule has 1 amide bonds. The molecular formula is C29H25FN4O2. The summed E-state index contributed by atoms with van der Waals surface area (Å²) in [5.74, 6) is -0.349. The summed E-state index contributed by atoms with van der Waals surface area (Å²) in [6, 6.07) is 22.7. The van der Waals surface area contributed by atoms with Gasteiger partial charge in [-0.2, -0.15) is 5.10 Å². The fourth-order valence-corrected chi connectivity index (χ4v) is 4.11. The summed E-state index contributed by atoms with van der Waals surface area (Å²) in [4.78, 5) is 16.7. The summed E-state index contributed by atoms with van der Waals surface area (Å²) >= 11 is 0. The fraction of sp³-hybridized carbons (Fsp3) is 0.207. The first-order valence-corrected chi connectivity index (χ1v) is 11.8. The van der Waals surface area contributed by atoms with Crippen molar-refractivity contribution in [2.75, 3.05) is 11.9 Å². The van der Waals surface area contributed by atoms with Gasteiger partial charge in [-0.1, -0.05) is 42.5 Å². The van der Waals surface area contributed by atoms with Crippen LogP contribution in [0.5, 0.6) is 0 Å². The third kappa shape index (κ3) is 5.35. The standard InChI is InChI=1S/C29H25FN4O2/c1-19-13-27(34(33-19)26-10-6-9-24(17-26)31-2)29(35)32-25-15-22(14-23(30)16-25)28(36-18-20-11-12-20)21-7-4-3-5-8-21/h3-10,13-17,20,28H,11-12,18H2,1H3,(H,32,35). The number of nitrogens with zero attached hydrogens (tertiary/aromatic N) is 3. The first kappa shape index (κ1) is 23.5. The van der Waals surface area contributed by atoms with E-state index in [1.807, 2.05) is 30.3 Å². The average Bonchev–Trinajstić information content (AvgIpc) is 3.63. The number of anilines is 1. The quantitative estimate of drug-likeness (QED) is 0.288. The average molecular weight is 481 g/mol. The highest BCUT2D eigenvalue weighted by atomic mass is 19.1. The topological polar surface area (TPSA) is 60.5 Å². The third-order valence-electron chi connectivity index (χ3n) is 6.05. The van der Waals surface area contributed by atoms with Crippen LogP contribution in [0.3, 0.4) is 0 Å². The molecule has 36 heavy (non-hydrogen) atoms. The SMILES string of the molecule is [C-]#[N+]c1cccc(-n2nc(C)cc2C(=O)Nc2cc(F)cc(C(OCC3CC3)c3ccccc3)c2)c1. The molecule has 0 saturated heterocycles. The molecule has 0 radical (unpaired) electrons. The normalized spacial score (nSPS) is 13.7. The number of benzene rings is 3. The van der Waals surface area contributed by atoms with Crippen LogP contribution in [-0.4, -0.2) is 22.3 Å². The van der Waals surface area contributed by atoms with Crippen molar-refractivity contribution in [1.82, 2.24) is 9.78 Å². The van der Waals surface area contributed by atoms with Crippen molar-refractivity contribution in [2.45, 2.75) is 25.9 Å². The van der Waals surface area contributed by atoms with E-state index in [2.05, 4.69) is 15.3 Å². The van der Waals surface area contributed by atoms with Gasteiger partial charge in [0, 0.05) is 5.69 Å². The van der Waals surface area contributed by atoms with Crippen LogP contribution < -0.4 is 5.32 Å². The molecule has 4 aromatic rings. The van der Waals surface area contributed by atoms with E-state index in [-0.39, 0.29) is 5.69 Å². The van der Waals surface area contributed by atoms with Crippen LogP contribution in [0.4, 0.5) is 15.8 Å². The summed E-state index contributed by atoms with van der Waals surface area (Å²) in [7, 11) is 0. The maximum absolute atomic E-state index is 14.7. The minimum Gasteiger partial charge on any atom is -0.368 e. The third-order valence-corrected chi connectivity index (χ3v) is 6.05. The second-order valence-electron chi connectivity index (χ2n) is 9.01. The van der Waals surface area contributed by atoms with E-state index in [1.54, 1.807) is 43.3 Å². The lowest BCUT2D eigenvalue weighted by Crippen LogP contribution is -2.17. The largest absolute Gasteiger partial charge is 0.368 e. The molecule has 0 spiro atoms. The van der Waals surface area contributed by atoms with Crippen LogP contribution in [0.2, 0.25) is 0 Å². The molecule has 1 fully saturated rings. The summed E-state index contributed by atoms with van der Waals surface area (Å²) in [6.45, 7) is 9.66. The molecule has 0 aliphatic heterocycles. The fourth-order valence-electron chi connectivity index (χ4n) is 4.11. The van der Waals surface area contributed by atoms with Gasteiger partial charge in [-0.15, -0.1) is 0 Å². The van der Waals surface area contributed by atoms with Crippen LogP contribution in [0, 0.1) is 25.2 Å². The van der Waals surface area contributed by atoms with Crippen molar-refractivity contribution in [2.24, 2.45) is 5.92 Å². The van der Waals surface area contributed by atoms with Crippen molar-refractivity contribution in [3.05, 3.63) is 119 Å². The zero-order chi connectivity index (χ0) is 25.1. The molecule has 1 N–H and O–H groups in total. The second kappa shape index (κ2) is 10.1. The van der Waals surface area contributed by atoms with Crippen molar-refractivity contribution in [3.8, 4) is 5.69 Å². The van der Waals surface area contributed by atoms with E-state index in [0.29, 0.717) is 40.8 Å². The van der Waals surface area contributed by atoms with Crippen LogP contribution in [-0.2, 0) is 4.74 Å². The Morgan fingerprint density at radius 3 is 2.67 bits per heavy atom. The molecule has 1 aromatic heterocycles. The highest BCUT2D eigenvalue weighted by molar-refractivity contribution is 6.03. The zero-order valence-electron chi connectivity index (χ0n) is 19.8. The number of aromatic nitrogens is 2. The first-order chi connectivity index (χ1) is 17.5. The van der Waals surface area contributed by atoms with E-state index in [0.717, 1.165) is 18.4 Å². The molecular weight excluding hydrogens is 455 g/mol. The number of carbonyl (C=O) groups is 1. The Kier molecular flexibility index (Phi) is 6.61. The molecule has 0 bridgehead atoms. The van der Waals surface area contributed by atoms with Gasteiger partial charge in [0.2, 0.25) is 0 Å². The van der Waals surface area contributed by atoms with Crippen molar-refractivity contribution in [3.63, 3.8) is 0 Å². The molecule has 5 rings (SSSR count). The molecule has 1 unspecified atom stereocenters. The Morgan fingerprint density at radius 2 is 1.92 bits per heavy atom. The molecule has 7 heteroatoms. The Labute approximate surface area is 209 Å². The van der Waals surface area contributed by atoms with Gasteiger partial charge in [-0.25, -0.2) is 13.9 Å². The van der Waals surface area contributed by atoms with Crippen molar-refractivity contribution < 1.29 is 13.9 Å². The number of carbonyl (C=O) groups excluding carboxylic acids is 1. The monoisotopic (exact) mass is 480 g/mol. The summed E-state index contributed by atoms with van der Waals surface area (Å²) in [6.07, 6.45) is 1.86. The second-order valence-corrected chi connectivity index (χ2v) is 9.01. The van der Waals surface area contributed by atoms with Gasteiger partial charge in [0.05, 0.1) is 24.6 Å². The summed E-state index contributed by atoms with van der Waals surface area (Å²) in [5.41, 5.74) is 3.85. The first-order valence-electron chi connectivity index (χ1n) is 11.8. The number of nitrogens with one attached hydrogen (secondary N) is 1. The minimum atomic E-state index is -0.465. The number of halogens is 1. The lowest BCUT2D eigenvalue weighted by atomic mass is 10.0. The molecule has 3 aromatic carbocycles. The number of hydrogen-bond donors (Lipinski definition) is 1. The predicted octanol–water partition coefficient (Wildman–Crippen LogP) is 6.64. The summed E-state index contributed by atoms with van der Waals surface area (Å²) in [5, 5.41) is 7.25. The molecule has 1 aliphatic rings. The number of rotatable bonds is 8. The lowest BCUT2D eigenvalue weighted by Gasteiger charge is -2.20. The van der Waals surface area contributed by atoms with E-state index in [4.69, 9.17) is 11.3 Å². The number of amides is 1. The molecule has 180 valence electrons. The van der Waals surface area contributed by atoms with E-state index < -0.39 is 17.8 Å². The van der Waals surface area contributed by atoms with Crippen LogP contribution in [0.1, 0.15) is 46.3 Å². The van der Waals surface area contributed by atoms with Gasteiger partial charge in [-0.3, -0.25) is 4.79 Å². The van der Waals surface area contributed by atoms with Gasteiger partial charge in [0.1, 0.15) is 17.6 Å². The van der Waals surface area contributed by atoms with Gasteiger partial charge in [0.25, 0.3) is 5.91 Å². The van der Waals surface area contributed by atoms with Gasteiger partial charge < -0.3 is 10.1 Å². The maximum Gasteiger partial charge on any atom is 0.274 e. The maximum atomic E-state index is 14.7. The van der Waals surface area contributed by atoms with Gasteiger partial charge in [0.15, 0.2) is 5.69 Å². The van der Waals surface area contributed by atoms with Crippen molar-refractivity contribution in [1.29, 1.82) is 0 Å². The molecule has 1 saturated carbocycles. The highest BCUT2D eigenvalue weighted by Crippen LogP contribution is 2.34. The minimum absolute atomic E-state index is 0.282. The molecule has 1 heterocycles. The Bertz CT molecular complexity index is 1440. The lowest BCUT2D eigenvalue weighted by molar-refractivity contribution is 0.0716. The smallest absolute Gasteiger partial charge is 0.274 e. The number of hydrogen-bond acceptors (Lipinski definition) is 3. The number of aryl methyl sites for hydroxylation is 1. The van der Waals surface area contributed by atoms with Crippen LogP contribution in [0.15, 0.2) is 78.9 Å². The Balaban J connectivity index is 1.44. The molecule has 1 atom stereocenters. The van der Waals surface area contributed by atoms with E-state index in [9.17, 15) is 9.18 Å². The van der Waals surface area contributed by atoms with Crippen LogP contribution >= 0.6 is 0 Å². The number of ether oxygens (including phenoxy) is 1. The zero-order valence-corrected chi connectivity index (χ0v) is 19.8. The Hall–Kier alpha value is -4.28. The summed E-state index contributed by atoms with van der Waals surface area (Å²) < 4.78 is 22.5. The van der Waals surface area contributed by atoms with E-state index in [1.165, 1.54) is 16.8 Å². The molecule has 1 aliphatic carbocycles. The highest BCUT2D eigenvalue weighted by Gasteiger charge is 2.25.